The number of hydrogen-bond donors (Lipinski definition) is 2. The fraction of sp³-hybridized carbons (Fsp3) is 0.588. The molecule has 2 rings (SSSR count). The number of rotatable bonds is 7. The van der Waals surface area contributed by atoms with Crippen LogP contribution in [-0.4, -0.2) is 57.3 Å². The van der Waals surface area contributed by atoms with Gasteiger partial charge in [-0.3, -0.25) is 9.89 Å². The molecule has 5 heteroatoms. The Hall–Kier alpha value is -1.59. The summed E-state index contributed by atoms with van der Waals surface area (Å²) < 4.78 is 5.31. The van der Waals surface area contributed by atoms with E-state index in [2.05, 4.69) is 44.8 Å². The van der Waals surface area contributed by atoms with Gasteiger partial charge < -0.3 is 15.4 Å². The lowest BCUT2D eigenvalue weighted by Gasteiger charge is -2.28. The van der Waals surface area contributed by atoms with E-state index in [9.17, 15) is 0 Å². The van der Waals surface area contributed by atoms with E-state index in [0.717, 1.165) is 51.7 Å². The average molecular weight is 304 g/mol. The molecule has 0 atom stereocenters. The third-order valence-corrected chi connectivity index (χ3v) is 3.90. The van der Waals surface area contributed by atoms with Gasteiger partial charge in [-0.2, -0.15) is 0 Å². The molecule has 0 fully saturated rings. The lowest BCUT2D eigenvalue weighted by atomic mass is 10.00. The topological polar surface area (TPSA) is 48.9 Å². The Morgan fingerprint density at radius 2 is 2.00 bits per heavy atom. The van der Waals surface area contributed by atoms with Crippen LogP contribution in [0.5, 0.6) is 0 Å². The molecular formula is C17H28N4O. The van der Waals surface area contributed by atoms with Crippen LogP contribution in [0.15, 0.2) is 29.3 Å². The first-order valence-electron chi connectivity index (χ1n) is 8.15. The van der Waals surface area contributed by atoms with Crippen molar-refractivity contribution in [1.29, 1.82) is 0 Å². The highest BCUT2D eigenvalue weighted by Gasteiger charge is 2.14. The molecule has 0 amide bonds. The van der Waals surface area contributed by atoms with Crippen molar-refractivity contribution in [1.82, 2.24) is 15.5 Å². The van der Waals surface area contributed by atoms with E-state index >= 15 is 0 Å². The molecule has 1 aromatic carbocycles. The van der Waals surface area contributed by atoms with E-state index in [1.165, 1.54) is 11.1 Å². The Morgan fingerprint density at radius 3 is 2.77 bits per heavy atom. The van der Waals surface area contributed by atoms with Crippen molar-refractivity contribution in [2.75, 3.05) is 46.4 Å². The van der Waals surface area contributed by atoms with Gasteiger partial charge in [0.25, 0.3) is 0 Å². The fourth-order valence-electron chi connectivity index (χ4n) is 2.68. The minimum Gasteiger partial charge on any atom is -0.380 e. The quantitative estimate of drug-likeness (QED) is 0.452. The third kappa shape index (κ3) is 5.31. The molecule has 0 spiro atoms. The van der Waals surface area contributed by atoms with Crippen molar-refractivity contribution < 1.29 is 4.74 Å². The highest BCUT2D eigenvalue weighted by Crippen LogP contribution is 2.17. The Kier molecular flexibility index (Phi) is 7.19. The SMILES string of the molecule is CCOCCNC(=NC)NCCN1CCc2ccccc2C1. The van der Waals surface area contributed by atoms with Gasteiger partial charge in [-0.25, -0.2) is 0 Å². The summed E-state index contributed by atoms with van der Waals surface area (Å²) in [4.78, 5) is 6.71. The van der Waals surface area contributed by atoms with E-state index in [-0.39, 0.29) is 0 Å². The maximum absolute atomic E-state index is 5.31. The molecule has 22 heavy (non-hydrogen) atoms. The van der Waals surface area contributed by atoms with Crippen LogP contribution >= 0.6 is 0 Å². The summed E-state index contributed by atoms with van der Waals surface area (Å²) >= 11 is 0. The first-order valence-corrected chi connectivity index (χ1v) is 8.15. The van der Waals surface area contributed by atoms with Crippen LogP contribution in [-0.2, 0) is 17.7 Å². The number of nitrogens with one attached hydrogen (secondary N) is 2. The molecular weight excluding hydrogens is 276 g/mol. The predicted octanol–water partition coefficient (Wildman–Crippen LogP) is 1.25. The van der Waals surface area contributed by atoms with Crippen molar-refractivity contribution in [2.45, 2.75) is 19.9 Å². The van der Waals surface area contributed by atoms with Gasteiger partial charge in [0.2, 0.25) is 0 Å². The van der Waals surface area contributed by atoms with Gasteiger partial charge in [0, 0.05) is 46.4 Å². The van der Waals surface area contributed by atoms with Crippen LogP contribution in [0, 0.1) is 0 Å². The minimum absolute atomic E-state index is 0.708. The van der Waals surface area contributed by atoms with Crippen molar-refractivity contribution in [3.05, 3.63) is 35.4 Å². The maximum atomic E-state index is 5.31. The van der Waals surface area contributed by atoms with E-state index in [4.69, 9.17) is 4.74 Å². The minimum atomic E-state index is 0.708. The van der Waals surface area contributed by atoms with Gasteiger partial charge in [-0.05, 0) is 24.5 Å². The van der Waals surface area contributed by atoms with Crippen LogP contribution < -0.4 is 10.6 Å². The molecule has 0 bridgehead atoms. The van der Waals surface area contributed by atoms with Crippen molar-refractivity contribution >= 4 is 5.96 Å². The van der Waals surface area contributed by atoms with E-state index < -0.39 is 0 Å². The van der Waals surface area contributed by atoms with Gasteiger partial charge in [0.1, 0.15) is 0 Å². The predicted molar refractivity (Wildman–Crippen MR) is 91.3 cm³/mol. The Balaban J connectivity index is 1.66. The Labute approximate surface area is 133 Å². The molecule has 1 aliphatic rings. The monoisotopic (exact) mass is 304 g/mol. The molecule has 5 nitrogen and oxygen atoms in total. The zero-order chi connectivity index (χ0) is 15.6. The maximum Gasteiger partial charge on any atom is 0.191 e. The highest BCUT2D eigenvalue weighted by atomic mass is 16.5. The first kappa shape index (κ1) is 16.8. The average Bonchev–Trinajstić information content (AvgIpc) is 2.57. The normalized spacial score (nSPS) is 15.5. The van der Waals surface area contributed by atoms with Gasteiger partial charge in [-0.1, -0.05) is 24.3 Å². The largest absolute Gasteiger partial charge is 0.380 e. The zero-order valence-electron chi connectivity index (χ0n) is 13.8. The zero-order valence-corrected chi connectivity index (χ0v) is 13.8. The second kappa shape index (κ2) is 9.43. The lowest BCUT2D eigenvalue weighted by Crippen LogP contribution is -2.43. The summed E-state index contributed by atoms with van der Waals surface area (Å²) in [7, 11) is 1.80. The molecule has 122 valence electrons. The number of guanidine groups is 1. The summed E-state index contributed by atoms with van der Waals surface area (Å²) in [6.45, 7) is 8.36. The van der Waals surface area contributed by atoms with Gasteiger partial charge in [-0.15, -0.1) is 0 Å². The molecule has 1 heterocycles. The van der Waals surface area contributed by atoms with Gasteiger partial charge in [0.15, 0.2) is 5.96 Å². The molecule has 1 aliphatic heterocycles. The molecule has 0 aromatic heterocycles. The highest BCUT2D eigenvalue weighted by molar-refractivity contribution is 5.79. The summed E-state index contributed by atoms with van der Waals surface area (Å²) in [5.41, 5.74) is 2.97. The molecule has 0 unspecified atom stereocenters. The van der Waals surface area contributed by atoms with E-state index in [1.807, 2.05) is 6.92 Å². The van der Waals surface area contributed by atoms with Crippen LogP contribution in [0.1, 0.15) is 18.1 Å². The number of nitrogens with zero attached hydrogens (tertiary/aromatic N) is 2. The Bertz CT molecular complexity index is 475. The summed E-state index contributed by atoms with van der Waals surface area (Å²) in [6.07, 6.45) is 1.15. The van der Waals surface area contributed by atoms with Crippen LogP contribution in [0.25, 0.3) is 0 Å². The van der Waals surface area contributed by atoms with Crippen molar-refractivity contribution in [2.24, 2.45) is 4.99 Å². The molecule has 2 N–H and O–H groups in total. The number of ether oxygens (including phenoxy) is 1. The fourth-order valence-corrected chi connectivity index (χ4v) is 2.68. The third-order valence-electron chi connectivity index (χ3n) is 3.90. The standard InChI is InChI=1S/C17H28N4O/c1-3-22-13-10-20-17(18-2)19-9-12-21-11-8-15-6-4-5-7-16(15)14-21/h4-7H,3,8-14H2,1-2H3,(H2,18,19,20). The van der Waals surface area contributed by atoms with Gasteiger partial charge >= 0.3 is 0 Å². The summed E-state index contributed by atoms with van der Waals surface area (Å²) in [6, 6.07) is 8.75. The van der Waals surface area contributed by atoms with Crippen molar-refractivity contribution in [3.8, 4) is 0 Å². The second-order valence-corrected chi connectivity index (χ2v) is 5.42. The van der Waals surface area contributed by atoms with Crippen molar-refractivity contribution in [3.63, 3.8) is 0 Å². The van der Waals surface area contributed by atoms with Gasteiger partial charge in [0.05, 0.1) is 6.61 Å². The van der Waals surface area contributed by atoms with Crippen LogP contribution in [0.3, 0.4) is 0 Å². The second-order valence-electron chi connectivity index (χ2n) is 5.42. The molecule has 0 radical (unpaired) electrons. The number of fused-ring (bicyclic) bond motifs is 1. The smallest absolute Gasteiger partial charge is 0.191 e. The van der Waals surface area contributed by atoms with E-state index in [0.29, 0.717) is 6.61 Å². The molecule has 0 saturated heterocycles. The van der Waals surface area contributed by atoms with Crippen LogP contribution in [0.2, 0.25) is 0 Å². The summed E-state index contributed by atoms with van der Waals surface area (Å²) in [5.74, 6) is 0.845. The molecule has 0 aliphatic carbocycles. The number of aliphatic imine (C=N–C) groups is 1. The van der Waals surface area contributed by atoms with Crippen LogP contribution in [0.4, 0.5) is 0 Å². The Morgan fingerprint density at radius 1 is 1.23 bits per heavy atom. The number of benzene rings is 1. The molecule has 1 aromatic rings. The lowest BCUT2D eigenvalue weighted by molar-refractivity contribution is 0.152. The van der Waals surface area contributed by atoms with E-state index in [1.54, 1.807) is 7.05 Å². The number of hydrogen-bond acceptors (Lipinski definition) is 3. The summed E-state index contributed by atoms with van der Waals surface area (Å²) in [5, 5.41) is 6.61. The first-order chi connectivity index (χ1) is 10.8. The molecule has 0 saturated carbocycles.